The van der Waals surface area contributed by atoms with E-state index in [2.05, 4.69) is 11.2 Å². The van der Waals surface area contributed by atoms with Crippen LogP contribution < -0.4 is 4.74 Å². The molecule has 1 radical (unpaired) electrons. The molecule has 2 rings (SSSR count). The van der Waals surface area contributed by atoms with Crippen LogP contribution in [0.4, 0.5) is 0 Å². The molecule has 0 aliphatic rings. The Kier molecular flexibility index (Phi) is 2.27. The molecule has 0 saturated heterocycles. The van der Waals surface area contributed by atoms with E-state index in [0.29, 0.717) is 0 Å². The Bertz CT molecular complexity index is 383. The summed E-state index contributed by atoms with van der Waals surface area (Å²) in [6, 6.07) is 5.86. The van der Waals surface area contributed by atoms with Gasteiger partial charge in [0.15, 0.2) is 5.06 Å². The SMILES string of the molecule is COc1cc(-c2[c]nccc2)cs1. The van der Waals surface area contributed by atoms with Crippen LogP contribution in [-0.4, -0.2) is 12.1 Å². The summed E-state index contributed by atoms with van der Waals surface area (Å²) in [6.07, 6.45) is 4.64. The Morgan fingerprint density at radius 1 is 1.54 bits per heavy atom. The lowest BCUT2D eigenvalue weighted by Gasteiger charge is -1.93. The molecule has 13 heavy (non-hydrogen) atoms. The molecule has 2 aromatic heterocycles. The van der Waals surface area contributed by atoms with Gasteiger partial charge in [-0.05, 0) is 17.7 Å². The summed E-state index contributed by atoms with van der Waals surface area (Å²) >= 11 is 1.57. The third-order valence-electron chi connectivity index (χ3n) is 1.70. The van der Waals surface area contributed by atoms with Gasteiger partial charge in [-0.25, -0.2) is 0 Å². The van der Waals surface area contributed by atoms with Gasteiger partial charge in [0.1, 0.15) is 0 Å². The van der Waals surface area contributed by atoms with Crippen molar-refractivity contribution in [3.8, 4) is 16.2 Å². The van der Waals surface area contributed by atoms with Gasteiger partial charge in [0.25, 0.3) is 0 Å². The molecule has 65 valence electrons. The summed E-state index contributed by atoms with van der Waals surface area (Å²) in [4.78, 5) is 3.93. The first-order valence-electron chi connectivity index (χ1n) is 3.86. The van der Waals surface area contributed by atoms with Crippen molar-refractivity contribution in [1.29, 1.82) is 0 Å². The van der Waals surface area contributed by atoms with Crippen molar-refractivity contribution in [3.63, 3.8) is 0 Å². The molecule has 0 aromatic carbocycles. The molecule has 3 heteroatoms. The molecule has 0 aliphatic carbocycles. The van der Waals surface area contributed by atoms with E-state index in [1.54, 1.807) is 24.6 Å². The number of methoxy groups -OCH3 is 1. The Balaban J connectivity index is 2.36. The minimum atomic E-state index is 0.909. The lowest BCUT2D eigenvalue weighted by atomic mass is 10.2. The molecule has 0 unspecified atom stereocenters. The van der Waals surface area contributed by atoms with Crippen LogP contribution in [0.5, 0.6) is 5.06 Å². The zero-order valence-corrected chi connectivity index (χ0v) is 7.97. The van der Waals surface area contributed by atoms with Gasteiger partial charge < -0.3 is 4.74 Å². The van der Waals surface area contributed by atoms with Crippen LogP contribution in [0.1, 0.15) is 0 Å². The van der Waals surface area contributed by atoms with E-state index in [0.717, 1.165) is 16.2 Å². The van der Waals surface area contributed by atoms with E-state index in [1.165, 1.54) is 0 Å². The lowest BCUT2D eigenvalue weighted by molar-refractivity contribution is 0.427. The molecule has 2 heterocycles. The highest BCUT2D eigenvalue weighted by Crippen LogP contribution is 2.29. The first-order valence-corrected chi connectivity index (χ1v) is 4.74. The molecule has 0 bridgehead atoms. The Morgan fingerprint density at radius 3 is 3.08 bits per heavy atom. The van der Waals surface area contributed by atoms with Gasteiger partial charge >= 0.3 is 0 Å². The van der Waals surface area contributed by atoms with Gasteiger partial charge in [-0.15, -0.1) is 11.3 Å². The third kappa shape index (κ3) is 1.70. The molecule has 0 N–H and O–H groups in total. The van der Waals surface area contributed by atoms with Crippen molar-refractivity contribution < 1.29 is 4.74 Å². The minimum absolute atomic E-state index is 0.909. The minimum Gasteiger partial charge on any atom is -0.487 e. The molecular formula is C10H8NOS. The number of pyridine rings is 1. The number of ether oxygens (including phenoxy) is 1. The Morgan fingerprint density at radius 2 is 2.46 bits per heavy atom. The van der Waals surface area contributed by atoms with Crippen molar-refractivity contribution in [2.24, 2.45) is 0 Å². The monoisotopic (exact) mass is 190 g/mol. The van der Waals surface area contributed by atoms with Gasteiger partial charge in [-0.3, -0.25) is 4.98 Å². The van der Waals surface area contributed by atoms with Crippen molar-refractivity contribution in [3.05, 3.63) is 36.0 Å². The number of nitrogens with zero attached hydrogens (tertiary/aromatic N) is 1. The molecule has 0 aliphatic heterocycles. The number of hydrogen-bond donors (Lipinski definition) is 0. The normalized spacial score (nSPS) is 9.92. The maximum absolute atomic E-state index is 5.10. The van der Waals surface area contributed by atoms with Crippen LogP contribution in [0.25, 0.3) is 11.1 Å². The van der Waals surface area contributed by atoms with Crippen LogP contribution in [0.15, 0.2) is 29.8 Å². The van der Waals surface area contributed by atoms with Gasteiger partial charge in [-0.1, -0.05) is 6.07 Å². The van der Waals surface area contributed by atoms with Crippen molar-refractivity contribution in [1.82, 2.24) is 4.98 Å². The maximum Gasteiger partial charge on any atom is 0.173 e. The number of thiophene rings is 1. The van der Waals surface area contributed by atoms with E-state index in [9.17, 15) is 0 Å². The average molecular weight is 190 g/mol. The van der Waals surface area contributed by atoms with Crippen LogP contribution >= 0.6 is 11.3 Å². The topological polar surface area (TPSA) is 22.1 Å². The fraction of sp³-hybridized carbons (Fsp3) is 0.100. The van der Waals surface area contributed by atoms with Crippen LogP contribution in [-0.2, 0) is 0 Å². The smallest absolute Gasteiger partial charge is 0.173 e. The highest BCUT2D eigenvalue weighted by molar-refractivity contribution is 7.12. The zero-order valence-electron chi connectivity index (χ0n) is 7.15. The van der Waals surface area contributed by atoms with Crippen LogP contribution in [0.3, 0.4) is 0 Å². The third-order valence-corrected chi connectivity index (χ3v) is 2.58. The van der Waals surface area contributed by atoms with Crippen LogP contribution in [0, 0.1) is 6.20 Å². The predicted octanol–water partition coefficient (Wildman–Crippen LogP) is 2.62. The van der Waals surface area contributed by atoms with Gasteiger partial charge in [0, 0.05) is 17.1 Å². The fourth-order valence-electron chi connectivity index (χ4n) is 1.05. The van der Waals surface area contributed by atoms with Gasteiger partial charge in [0.05, 0.1) is 13.3 Å². The lowest BCUT2D eigenvalue weighted by Crippen LogP contribution is -1.77. The number of rotatable bonds is 2. The molecule has 0 saturated carbocycles. The van der Waals surface area contributed by atoms with E-state index in [1.807, 2.05) is 23.6 Å². The second-order valence-corrected chi connectivity index (χ2v) is 3.40. The van der Waals surface area contributed by atoms with E-state index < -0.39 is 0 Å². The molecular weight excluding hydrogens is 182 g/mol. The zero-order chi connectivity index (χ0) is 9.10. The molecule has 0 spiro atoms. The average Bonchev–Trinajstić information content (AvgIpc) is 2.67. The van der Waals surface area contributed by atoms with E-state index >= 15 is 0 Å². The van der Waals surface area contributed by atoms with Gasteiger partial charge in [0.2, 0.25) is 0 Å². The second-order valence-electron chi connectivity index (χ2n) is 2.52. The molecule has 0 fully saturated rings. The van der Waals surface area contributed by atoms with Crippen molar-refractivity contribution in [2.45, 2.75) is 0 Å². The van der Waals surface area contributed by atoms with Crippen molar-refractivity contribution in [2.75, 3.05) is 7.11 Å². The highest BCUT2D eigenvalue weighted by atomic mass is 32.1. The second kappa shape index (κ2) is 3.58. The van der Waals surface area contributed by atoms with Crippen LogP contribution in [0.2, 0.25) is 0 Å². The first-order chi connectivity index (χ1) is 6.40. The molecule has 2 aromatic rings. The van der Waals surface area contributed by atoms with E-state index in [-0.39, 0.29) is 0 Å². The summed E-state index contributed by atoms with van der Waals surface area (Å²) in [7, 11) is 1.67. The summed E-state index contributed by atoms with van der Waals surface area (Å²) in [5, 5.41) is 2.94. The highest BCUT2D eigenvalue weighted by Gasteiger charge is 2.01. The standard InChI is InChI=1S/C10H8NOS/c1-12-10-5-9(7-13-10)8-3-2-4-11-6-8/h2-5,7H,1H3. The summed E-state index contributed by atoms with van der Waals surface area (Å²) < 4.78 is 5.10. The fourth-order valence-corrected chi connectivity index (χ4v) is 1.78. The summed E-state index contributed by atoms with van der Waals surface area (Å²) in [5.41, 5.74) is 2.11. The molecule has 0 atom stereocenters. The van der Waals surface area contributed by atoms with Gasteiger partial charge in [-0.2, -0.15) is 0 Å². The Hall–Kier alpha value is -1.35. The number of aromatic nitrogens is 1. The Labute approximate surface area is 80.8 Å². The molecule has 2 nitrogen and oxygen atoms in total. The quantitative estimate of drug-likeness (QED) is 0.726. The maximum atomic E-state index is 5.10. The van der Waals surface area contributed by atoms with E-state index in [4.69, 9.17) is 4.74 Å². The first kappa shape index (κ1) is 8.26. The predicted molar refractivity (Wildman–Crippen MR) is 52.9 cm³/mol. The summed E-state index contributed by atoms with van der Waals surface area (Å²) in [5.74, 6) is 0. The number of hydrogen-bond acceptors (Lipinski definition) is 3. The summed E-state index contributed by atoms with van der Waals surface area (Å²) in [6.45, 7) is 0. The van der Waals surface area contributed by atoms with Crippen molar-refractivity contribution >= 4 is 11.3 Å². The molecule has 0 amide bonds. The largest absolute Gasteiger partial charge is 0.487 e.